The molecule has 36 heavy (non-hydrogen) atoms. The van der Waals surface area contributed by atoms with Gasteiger partial charge in [-0.2, -0.15) is 0 Å². The lowest BCUT2D eigenvalue weighted by Crippen LogP contribution is -2.46. The van der Waals surface area contributed by atoms with Gasteiger partial charge in [0.2, 0.25) is 5.91 Å². The minimum atomic E-state index is -1.08. The molecule has 3 aromatic rings. The van der Waals surface area contributed by atoms with Gasteiger partial charge in [-0.1, -0.05) is 66.2 Å². The average molecular weight is 502 g/mol. The van der Waals surface area contributed by atoms with Crippen LogP contribution in [0.25, 0.3) is 11.1 Å². The Morgan fingerprint density at radius 3 is 2.19 bits per heavy atom. The lowest BCUT2D eigenvalue weighted by molar-refractivity contribution is -0.145. The third-order valence-electron chi connectivity index (χ3n) is 7.31. The number of aliphatic carboxylic acids is 1. The van der Waals surface area contributed by atoms with Crippen molar-refractivity contribution in [3.63, 3.8) is 0 Å². The Kier molecular flexibility index (Phi) is 6.46. The third-order valence-corrected chi connectivity index (χ3v) is 7.56. The Bertz CT molecular complexity index is 1350. The first kappa shape index (κ1) is 23.9. The van der Waals surface area contributed by atoms with Gasteiger partial charge < -0.3 is 5.11 Å². The molecule has 1 N–H and O–H groups in total. The zero-order valence-electron chi connectivity index (χ0n) is 19.4. The average Bonchev–Trinajstić information content (AvgIpc) is 3.31. The number of carboxylic acid groups (broad SMARTS) is 1. The van der Waals surface area contributed by atoms with Crippen LogP contribution in [0.1, 0.15) is 39.1 Å². The number of amides is 2. The van der Waals surface area contributed by atoms with Crippen molar-refractivity contribution in [3.05, 3.63) is 94.5 Å². The van der Waals surface area contributed by atoms with Crippen LogP contribution in [0.2, 0.25) is 5.02 Å². The van der Waals surface area contributed by atoms with Gasteiger partial charge in [0.25, 0.3) is 5.91 Å². The fourth-order valence-electron chi connectivity index (χ4n) is 5.46. The number of benzene rings is 3. The smallest absolute Gasteiger partial charge is 0.307 e. The second-order valence-corrected chi connectivity index (χ2v) is 9.84. The Hall–Kier alpha value is -3.77. The van der Waals surface area contributed by atoms with Crippen LogP contribution in [0.4, 0.5) is 0 Å². The summed E-state index contributed by atoms with van der Waals surface area (Å²) in [4.78, 5) is 52.5. The Morgan fingerprint density at radius 1 is 0.889 bits per heavy atom. The number of hydrogen-bond acceptors (Lipinski definition) is 4. The van der Waals surface area contributed by atoms with Crippen LogP contribution in [0.5, 0.6) is 0 Å². The zero-order valence-corrected chi connectivity index (χ0v) is 20.1. The van der Waals surface area contributed by atoms with Gasteiger partial charge in [0.05, 0.1) is 12.3 Å². The van der Waals surface area contributed by atoms with Gasteiger partial charge in [-0.15, -0.1) is 0 Å². The van der Waals surface area contributed by atoms with Crippen LogP contribution in [0.15, 0.2) is 72.8 Å². The lowest BCUT2D eigenvalue weighted by atomic mass is 9.83. The number of rotatable bonds is 6. The summed E-state index contributed by atoms with van der Waals surface area (Å²) in [6, 6.07) is 21.4. The Morgan fingerprint density at radius 2 is 1.53 bits per heavy atom. The molecule has 1 aliphatic carbocycles. The molecule has 3 unspecified atom stereocenters. The number of hydrogen-bond donors (Lipinski definition) is 1. The summed E-state index contributed by atoms with van der Waals surface area (Å²) in [5.41, 5.74) is 3.48. The number of ketones is 1. The van der Waals surface area contributed by atoms with E-state index in [2.05, 4.69) is 0 Å². The number of imide groups is 1. The summed E-state index contributed by atoms with van der Waals surface area (Å²) in [7, 11) is 0. The van der Waals surface area contributed by atoms with Gasteiger partial charge >= 0.3 is 5.97 Å². The Labute approximate surface area is 213 Å². The van der Waals surface area contributed by atoms with Crippen LogP contribution < -0.4 is 0 Å². The van der Waals surface area contributed by atoms with Gasteiger partial charge in [0.1, 0.15) is 0 Å². The standard InChI is InChI=1S/C29H24ClNO5/c30-22-12-9-18(10-13-22)17-5-7-19(8-6-17)27(33)24-14-11-21(26(24)29(35)36)16-31-25(32)15-20-3-1-2-4-23(20)28(31)34/h1-10,12-13,21,24,26H,11,14-16H2,(H,35,36). The summed E-state index contributed by atoms with van der Waals surface area (Å²) in [5.74, 6) is -4.21. The molecular weight excluding hydrogens is 478 g/mol. The highest BCUT2D eigenvalue weighted by Crippen LogP contribution is 2.40. The maximum Gasteiger partial charge on any atom is 0.307 e. The van der Waals surface area contributed by atoms with Crippen molar-refractivity contribution in [2.45, 2.75) is 19.3 Å². The number of halogens is 1. The molecule has 0 saturated heterocycles. The first-order valence-electron chi connectivity index (χ1n) is 11.9. The van der Waals surface area contributed by atoms with E-state index in [-0.39, 0.29) is 24.7 Å². The van der Waals surface area contributed by atoms with Gasteiger partial charge in [0.15, 0.2) is 5.78 Å². The molecule has 0 bridgehead atoms. The van der Waals surface area contributed by atoms with E-state index in [9.17, 15) is 24.3 Å². The molecule has 0 radical (unpaired) electrons. The van der Waals surface area contributed by atoms with Gasteiger partial charge in [-0.3, -0.25) is 24.1 Å². The Balaban J connectivity index is 1.33. The van der Waals surface area contributed by atoms with Crippen molar-refractivity contribution in [2.24, 2.45) is 17.8 Å². The van der Waals surface area contributed by atoms with Crippen molar-refractivity contribution >= 4 is 35.2 Å². The lowest BCUT2D eigenvalue weighted by Gasteiger charge is -2.30. The van der Waals surface area contributed by atoms with Crippen molar-refractivity contribution in [3.8, 4) is 11.1 Å². The molecule has 6 nitrogen and oxygen atoms in total. The quantitative estimate of drug-likeness (QED) is 0.373. The molecule has 0 aromatic heterocycles. The molecule has 1 aliphatic heterocycles. The molecule has 1 saturated carbocycles. The van der Waals surface area contributed by atoms with Gasteiger partial charge in [-0.05, 0) is 53.6 Å². The van der Waals surface area contributed by atoms with Crippen molar-refractivity contribution in [1.29, 1.82) is 0 Å². The van der Waals surface area contributed by atoms with Crippen LogP contribution >= 0.6 is 11.6 Å². The maximum absolute atomic E-state index is 13.4. The van der Waals surface area contributed by atoms with E-state index in [1.165, 1.54) is 0 Å². The molecule has 3 aromatic carbocycles. The zero-order chi connectivity index (χ0) is 25.4. The fourth-order valence-corrected chi connectivity index (χ4v) is 5.58. The molecule has 5 rings (SSSR count). The highest BCUT2D eigenvalue weighted by atomic mass is 35.5. The number of fused-ring (bicyclic) bond motifs is 1. The molecular formula is C29H24ClNO5. The van der Waals surface area contributed by atoms with Crippen LogP contribution in [0, 0.1) is 17.8 Å². The highest BCUT2D eigenvalue weighted by Gasteiger charge is 2.46. The summed E-state index contributed by atoms with van der Waals surface area (Å²) in [5, 5.41) is 10.7. The molecule has 7 heteroatoms. The summed E-state index contributed by atoms with van der Waals surface area (Å²) < 4.78 is 0. The van der Waals surface area contributed by atoms with Crippen molar-refractivity contribution in [1.82, 2.24) is 4.90 Å². The van der Waals surface area contributed by atoms with Crippen LogP contribution in [-0.4, -0.2) is 40.1 Å². The van der Waals surface area contributed by atoms with E-state index < -0.39 is 29.6 Å². The number of carbonyl (C=O) groups excluding carboxylic acids is 3. The number of nitrogens with zero attached hydrogens (tertiary/aromatic N) is 1. The minimum absolute atomic E-state index is 0.00223. The summed E-state index contributed by atoms with van der Waals surface area (Å²) >= 11 is 5.96. The van der Waals surface area contributed by atoms with E-state index >= 15 is 0 Å². The molecule has 182 valence electrons. The normalized spacial score (nSPS) is 21.4. The summed E-state index contributed by atoms with van der Waals surface area (Å²) in [6.07, 6.45) is 0.954. The number of carbonyl (C=O) groups is 4. The minimum Gasteiger partial charge on any atom is -0.481 e. The first-order valence-corrected chi connectivity index (χ1v) is 12.3. The van der Waals surface area contributed by atoms with Gasteiger partial charge in [-0.25, -0.2) is 0 Å². The topological polar surface area (TPSA) is 91.8 Å². The molecule has 3 atom stereocenters. The number of carboxylic acids is 1. The van der Waals surface area contributed by atoms with E-state index in [1.54, 1.807) is 48.5 Å². The second-order valence-electron chi connectivity index (χ2n) is 9.40. The van der Waals surface area contributed by atoms with E-state index in [4.69, 9.17) is 11.6 Å². The molecule has 2 amide bonds. The largest absolute Gasteiger partial charge is 0.481 e. The van der Waals surface area contributed by atoms with Crippen LogP contribution in [0.3, 0.4) is 0 Å². The van der Waals surface area contributed by atoms with E-state index in [0.29, 0.717) is 34.6 Å². The predicted octanol–water partition coefficient (Wildman–Crippen LogP) is 5.14. The van der Waals surface area contributed by atoms with E-state index in [0.717, 1.165) is 16.0 Å². The molecule has 1 fully saturated rings. The maximum atomic E-state index is 13.4. The fraction of sp³-hybridized carbons (Fsp3) is 0.241. The SMILES string of the molecule is O=C(c1ccc(-c2ccc(Cl)cc2)cc1)C1CCC(CN2C(=O)Cc3ccccc3C2=O)C1C(=O)O. The van der Waals surface area contributed by atoms with Crippen LogP contribution in [-0.2, 0) is 16.0 Å². The predicted molar refractivity (Wildman–Crippen MR) is 135 cm³/mol. The third kappa shape index (κ3) is 4.44. The molecule has 0 spiro atoms. The highest BCUT2D eigenvalue weighted by molar-refractivity contribution is 6.30. The van der Waals surface area contributed by atoms with Crippen molar-refractivity contribution < 1.29 is 24.3 Å². The van der Waals surface area contributed by atoms with E-state index in [1.807, 2.05) is 24.3 Å². The molecule has 2 aliphatic rings. The summed E-state index contributed by atoms with van der Waals surface area (Å²) in [6.45, 7) is 0.00223. The van der Waals surface area contributed by atoms with Gasteiger partial charge in [0, 0.05) is 28.6 Å². The molecule has 1 heterocycles. The number of Topliss-reactive ketones (excluding diaryl/α,β-unsaturated/α-hetero) is 1. The second kappa shape index (κ2) is 9.70. The monoisotopic (exact) mass is 501 g/mol. The first-order chi connectivity index (χ1) is 17.3. The van der Waals surface area contributed by atoms with Crippen molar-refractivity contribution in [2.75, 3.05) is 6.54 Å².